The SMILES string of the molecule is CCCCCCCCC=CCCCCC(CCO)CCCC. The fourth-order valence-electron chi connectivity index (χ4n) is 3.08. The number of allylic oxidation sites excluding steroid dienone is 2. The summed E-state index contributed by atoms with van der Waals surface area (Å²) in [6.07, 6.45) is 24.6. The van der Waals surface area contributed by atoms with Crippen molar-refractivity contribution in [3.05, 3.63) is 12.2 Å². The third kappa shape index (κ3) is 16.1. The molecular formula is C21H42O. The molecular weight excluding hydrogens is 268 g/mol. The highest BCUT2D eigenvalue weighted by molar-refractivity contribution is 4.81. The van der Waals surface area contributed by atoms with Crippen molar-refractivity contribution in [2.45, 2.75) is 110 Å². The molecule has 0 spiro atoms. The number of hydrogen-bond donors (Lipinski definition) is 1. The van der Waals surface area contributed by atoms with Gasteiger partial charge in [0.25, 0.3) is 0 Å². The molecule has 0 aliphatic rings. The van der Waals surface area contributed by atoms with E-state index in [1.54, 1.807) is 0 Å². The molecule has 1 nitrogen and oxygen atoms in total. The molecule has 0 aliphatic heterocycles. The van der Waals surface area contributed by atoms with Crippen molar-refractivity contribution < 1.29 is 5.11 Å². The van der Waals surface area contributed by atoms with E-state index in [4.69, 9.17) is 5.11 Å². The van der Waals surface area contributed by atoms with E-state index < -0.39 is 0 Å². The van der Waals surface area contributed by atoms with Crippen LogP contribution in [0.1, 0.15) is 110 Å². The Balaban J connectivity index is 3.37. The summed E-state index contributed by atoms with van der Waals surface area (Å²) in [6.45, 7) is 4.90. The molecule has 0 aliphatic carbocycles. The van der Waals surface area contributed by atoms with E-state index in [1.165, 1.54) is 89.9 Å². The lowest BCUT2D eigenvalue weighted by Gasteiger charge is -2.14. The number of aliphatic hydroxyl groups excluding tert-OH is 1. The van der Waals surface area contributed by atoms with Crippen LogP contribution in [-0.4, -0.2) is 11.7 Å². The van der Waals surface area contributed by atoms with Crippen LogP contribution in [0.3, 0.4) is 0 Å². The highest BCUT2D eigenvalue weighted by atomic mass is 16.3. The van der Waals surface area contributed by atoms with Gasteiger partial charge in [-0.3, -0.25) is 0 Å². The summed E-state index contributed by atoms with van der Waals surface area (Å²) in [7, 11) is 0. The first-order chi connectivity index (χ1) is 10.8. The minimum absolute atomic E-state index is 0.368. The van der Waals surface area contributed by atoms with Crippen LogP contribution in [0.15, 0.2) is 12.2 Å². The molecule has 0 saturated carbocycles. The quantitative estimate of drug-likeness (QED) is 0.225. The van der Waals surface area contributed by atoms with Gasteiger partial charge in [0.15, 0.2) is 0 Å². The zero-order valence-corrected chi connectivity index (χ0v) is 15.5. The van der Waals surface area contributed by atoms with Crippen molar-refractivity contribution >= 4 is 0 Å². The van der Waals surface area contributed by atoms with Crippen molar-refractivity contribution in [2.24, 2.45) is 5.92 Å². The lowest BCUT2D eigenvalue weighted by molar-refractivity contribution is 0.242. The van der Waals surface area contributed by atoms with E-state index in [9.17, 15) is 0 Å². The molecule has 0 radical (unpaired) electrons. The topological polar surface area (TPSA) is 20.2 Å². The third-order valence-electron chi connectivity index (χ3n) is 4.63. The number of rotatable bonds is 17. The summed E-state index contributed by atoms with van der Waals surface area (Å²) in [6, 6.07) is 0. The van der Waals surface area contributed by atoms with E-state index in [-0.39, 0.29) is 0 Å². The van der Waals surface area contributed by atoms with Gasteiger partial charge in [-0.05, 0) is 38.0 Å². The highest BCUT2D eigenvalue weighted by Crippen LogP contribution is 2.20. The van der Waals surface area contributed by atoms with Crippen LogP contribution >= 0.6 is 0 Å². The summed E-state index contributed by atoms with van der Waals surface area (Å²) in [5, 5.41) is 9.12. The molecule has 0 aromatic carbocycles. The first kappa shape index (κ1) is 21.7. The molecule has 0 heterocycles. The van der Waals surface area contributed by atoms with Crippen LogP contribution in [0.5, 0.6) is 0 Å². The molecule has 0 bridgehead atoms. The number of aliphatic hydroxyl groups is 1. The van der Waals surface area contributed by atoms with Crippen LogP contribution in [0.2, 0.25) is 0 Å². The van der Waals surface area contributed by atoms with Crippen molar-refractivity contribution in [3.8, 4) is 0 Å². The van der Waals surface area contributed by atoms with Crippen molar-refractivity contribution in [2.75, 3.05) is 6.61 Å². The largest absolute Gasteiger partial charge is 0.396 e. The lowest BCUT2D eigenvalue weighted by Crippen LogP contribution is -2.03. The fourth-order valence-corrected chi connectivity index (χ4v) is 3.08. The average Bonchev–Trinajstić information content (AvgIpc) is 2.53. The van der Waals surface area contributed by atoms with E-state index in [1.807, 2.05) is 0 Å². The van der Waals surface area contributed by atoms with Crippen LogP contribution < -0.4 is 0 Å². The maximum atomic E-state index is 9.12. The fraction of sp³-hybridized carbons (Fsp3) is 0.905. The summed E-state index contributed by atoms with van der Waals surface area (Å²) < 4.78 is 0. The Hall–Kier alpha value is -0.300. The molecule has 0 saturated heterocycles. The highest BCUT2D eigenvalue weighted by Gasteiger charge is 2.06. The summed E-state index contributed by atoms with van der Waals surface area (Å²) >= 11 is 0. The smallest absolute Gasteiger partial charge is 0.0433 e. The van der Waals surface area contributed by atoms with Gasteiger partial charge >= 0.3 is 0 Å². The molecule has 22 heavy (non-hydrogen) atoms. The zero-order valence-electron chi connectivity index (χ0n) is 15.5. The molecule has 1 heteroatoms. The summed E-state index contributed by atoms with van der Waals surface area (Å²) in [5.74, 6) is 0.761. The predicted molar refractivity (Wildman–Crippen MR) is 100 cm³/mol. The van der Waals surface area contributed by atoms with Crippen LogP contribution in [0.4, 0.5) is 0 Å². The van der Waals surface area contributed by atoms with Gasteiger partial charge in [-0.25, -0.2) is 0 Å². The van der Waals surface area contributed by atoms with E-state index in [0.29, 0.717) is 6.61 Å². The molecule has 0 aromatic rings. The maximum Gasteiger partial charge on any atom is 0.0433 e. The minimum Gasteiger partial charge on any atom is -0.396 e. The molecule has 132 valence electrons. The maximum absolute atomic E-state index is 9.12. The van der Waals surface area contributed by atoms with Gasteiger partial charge in [0.1, 0.15) is 0 Å². The van der Waals surface area contributed by atoms with Crippen molar-refractivity contribution in [1.29, 1.82) is 0 Å². The van der Waals surface area contributed by atoms with Gasteiger partial charge in [-0.15, -0.1) is 0 Å². The summed E-state index contributed by atoms with van der Waals surface area (Å²) in [5.41, 5.74) is 0. The monoisotopic (exact) mass is 310 g/mol. The van der Waals surface area contributed by atoms with Crippen LogP contribution in [0.25, 0.3) is 0 Å². The lowest BCUT2D eigenvalue weighted by atomic mass is 9.93. The minimum atomic E-state index is 0.368. The molecule has 0 rings (SSSR count). The van der Waals surface area contributed by atoms with Gasteiger partial charge in [0.2, 0.25) is 0 Å². The molecule has 1 unspecified atom stereocenters. The Morgan fingerprint density at radius 2 is 1.18 bits per heavy atom. The van der Waals surface area contributed by atoms with Gasteiger partial charge in [0.05, 0.1) is 0 Å². The molecule has 1 N–H and O–H groups in total. The first-order valence-electron chi connectivity index (χ1n) is 10.1. The Morgan fingerprint density at radius 1 is 0.636 bits per heavy atom. The molecule has 0 fully saturated rings. The van der Waals surface area contributed by atoms with Crippen molar-refractivity contribution in [1.82, 2.24) is 0 Å². The molecule has 1 atom stereocenters. The van der Waals surface area contributed by atoms with Gasteiger partial charge < -0.3 is 5.11 Å². The van der Waals surface area contributed by atoms with E-state index in [2.05, 4.69) is 26.0 Å². The van der Waals surface area contributed by atoms with Gasteiger partial charge in [0, 0.05) is 6.61 Å². The van der Waals surface area contributed by atoms with Crippen LogP contribution in [0, 0.1) is 5.92 Å². The first-order valence-corrected chi connectivity index (χ1v) is 10.1. The standard InChI is InChI=1S/C21H42O/c1-3-5-7-8-9-10-11-12-13-14-15-16-18-21(19-20-22)17-6-4-2/h12-13,21-22H,3-11,14-20H2,1-2H3. The van der Waals surface area contributed by atoms with E-state index in [0.717, 1.165) is 12.3 Å². The molecule has 0 aromatic heterocycles. The second kappa shape index (κ2) is 18.7. The predicted octanol–water partition coefficient (Wildman–Crippen LogP) is 7.04. The van der Waals surface area contributed by atoms with Crippen LogP contribution in [-0.2, 0) is 0 Å². The Morgan fingerprint density at radius 3 is 1.82 bits per heavy atom. The summed E-state index contributed by atoms with van der Waals surface area (Å²) in [4.78, 5) is 0. The number of hydrogen-bond acceptors (Lipinski definition) is 1. The Bertz CT molecular complexity index is 222. The van der Waals surface area contributed by atoms with E-state index >= 15 is 0 Å². The Labute approximate surface area is 140 Å². The normalized spacial score (nSPS) is 13.0. The van der Waals surface area contributed by atoms with Gasteiger partial charge in [-0.1, -0.05) is 90.2 Å². The zero-order chi connectivity index (χ0) is 16.3. The average molecular weight is 311 g/mol. The second-order valence-corrected chi connectivity index (χ2v) is 6.83. The van der Waals surface area contributed by atoms with Gasteiger partial charge in [-0.2, -0.15) is 0 Å². The van der Waals surface area contributed by atoms with Crippen molar-refractivity contribution in [3.63, 3.8) is 0 Å². The second-order valence-electron chi connectivity index (χ2n) is 6.83. The third-order valence-corrected chi connectivity index (χ3v) is 4.63. The Kier molecular flexibility index (Phi) is 18.5. The molecule has 0 amide bonds. The number of unbranched alkanes of at least 4 members (excludes halogenated alkanes) is 9.